The van der Waals surface area contributed by atoms with Crippen LogP contribution in [0.15, 0.2) is 46.8 Å². The zero-order valence-corrected chi connectivity index (χ0v) is 18.0. The van der Waals surface area contributed by atoms with E-state index in [1.54, 1.807) is 13.8 Å². The zero-order valence-electron chi connectivity index (χ0n) is 18.0. The van der Waals surface area contributed by atoms with Crippen molar-refractivity contribution in [2.75, 3.05) is 19.8 Å². The predicted octanol–water partition coefficient (Wildman–Crippen LogP) is 4.23. The van der Waals surface area contributed by atoms with E-state index in [1.165, 1.54) is 0 Å². The summed E-state index contributed by atoms with van der Waals surface area (Å²) >= 11 is 0. The SMILES string of the molecule is CCCCOc1ccc(C2C(C(=O)OCC)=C(C)NC(C)=C2C(=O)OCC)cc1. The number of benzene rings is 1. The van der Waals surface area contributed by atoms with E-state index in [0.717, 1.165) is 24.2 Å². The number of rotatable bonds is 9. The first-order chi connectivity index (χ1) is 13.9. The van der Waals surface area contributed by atoms with E-state index in [-0.39, 0.29) is 13.2 Å². The smallest absolute Gasteiger partial charge is 0.336 e. The average Bonchev–Trinajstić information content (AvgIpc) is 2.68. The average molecular weight is 402 g/mol. The van der Waals surface area contributed by atoms with Gasteiger partial charge in [-0.15, -0.1) is 0 Å². The highest BCUT2D eigenvalue weighted by Gasteiger charge is 2.37. The molecule has 1 aromatic carbocycles. The van der Waals surface area contributed by atoms with Gasteiger partial charge in [-0.3, -0.25) is 0 Å². The zero-order chi connectivity index (χ0) is 21.4. The van der Waals surface area contributed by atoms with E-state index in [1.807, 2.05) is 38.1 Å². The second-order valence-corrected chi connectivity index (χ2v) is 6.85. The molecular formula is C23H31NO5. The van der Waals surface area contributed by atoms with Gasteiger partial charge in [0.15, 0.2) is 0 Å². The number of dihydropyridines is 1. The lowest BCUT2D eigenvalue weighted by Gasteiger charge is -2.30. The second kappa shape index (κ2) is 10.7. The summed E-state index contributed by atoms with van der Waals surface area (Å²) in [6.07, 6.45) is 2.05. The molecule has 0 atom stereocenters. The number of hydrogen-bond donors (Lipinski definition) is 1. The van der Waals surface area contributed by atoms with Crippen LogP contribution in [0.25, 0.3) is 0 Å². The molecule has 29 heavy (non-hydrogen) atoms. The first-order valence-corrected chi connectivity index (χ1v) is 10.2. The molecule has 1 aliphatic heterocycles. The molecule has 0 spiro atoms. The fourth-order valence-electron chi connectivity index (χ4n) is 3.38. The number of carbonyl (C=O) groups excluding carboxylic acids is 2. The number of ether oxygens (including phenoxy) is 3. The van der Waals surface area contributed by atoms with E-state index < -0.39 is 17.9 Å². The van der Waals surface area contributed by atoms with E-state index in [2.05, 4.69) is 12.2 Å². The van der Waals surface area contributed by atoms with Gasteiger partial charge < -0.3 is 19.5 Å². The maximum atomic E-state index is 12.7. The summed E-state index contributed by atoms with van der Waals surface area (Å²) in [5.41, 5.74) is 2.98. The molecule has 1 heterocycles. The van der Waals surface area contributed by atoms with E-state index in [4.69, 9.17) is 14.2 Å². The Morgan fingerprint density at radius 3 is 1.86 bits per heavy atom. The first-order valence-electron chi connectivity index (χ1n) is 10.2. The van der Waals surface area contributed by atoms with Gasteiger partial charge in [0, 0.05) is 11.4 Å². The van der Waals surface area contributed by atoms with Crippen molar-refractivity contribution in [3.8, 4) is 5.75 Å². The van der Waals surface area contributed by atoms with Gasteiger partial charge in [-0.1, -0.05) is 25.5 Å². The lowest BCUT2D eigenvalue weighted by Crippen LogP contribution is -2.32. The van der Waals surface area contributed by atoms with Crippen molar-refractivity contribution in [3.05, 3.63) is 52.4 Å². The molecule has 0 aromatic heterocycles. The van der Waals surface area contributed by atoms with Crippen LogP contribution >= 0.6 is 0 Å². The molecule has 1 aliphatic rings. The summed E-state index contributed by atoms with van der Waals surface area (Å²) in [5.74, 6) is -0.702. The summed E-state index contributed by atoms with van der Waals surface area (Å²) < 4.78 is 16.3. The van der Waals surface area contributed by atoms with Gasteiger partial charge in [0.25, 0.3) is 0 Å². The monoisotopic (exact) mass is 401 g/mol. The fourth-order valence-corrected chi connectivity index (χ4v) is 3.38. The molecule has 2 rings (SSSR count). The van der Waals surface area contributed by atoms with Gasteiger partial charge in [0.05, 0.1) is 36.9 Å². The summed E-state index contributed by atoms with van der Waals surface area (Å²) in [6.45, 7) is 10.4. The van der Waals surface area contributed by atoms with Gasteiger partial charge in [-0.2, -0.15) is 0 Å². The molecule has 6 heteroatoms. The van der Waals surface area contributed by atoms with Crippen molar-refractivity contribution in [2.24, 2.45) is 0 Å². The molecule has 1 aromatic rings. The quantitative estimate of drug-likeness (QED) is 0.493. The summed E-state index contributed by atoms with van der Waals surface area (Å²) in [7, 11) is 0. The molecule has 0 fully saturated rings. The minimum atomic E-state index is -0.570. The van der Waals surface area contributed by atoms with Crippen molar-refractivity contribution in [1.29, 1.82) is 0 Å². The maximum Gasteiger partial charge on any atom is 0.336 e. The third kappa shape index (κ3) is 5.40. The predicted molar refractivity (Wildman–Crippen MR) is 111 cm³/mol. The van der Waals surface area contributed by atoms with Gasteiger partial charge in [0.1, 0.15) is 5.75 Å². The standard InChI is InChI=1S/C23H31NO5/c1-6-9-14-29-18-12-10-17(11-13-18)21-19(22(25)27-7-2)15(4)24-16(5)20(21)23(26)28-8-3/h10-13,21,24H,6-9,14H2,1-5H3. The number of hydrogen-bond acceptors (Lipinski definition) is 6. The Morgan fingerprint density at radius 2 is 1.41 bits per heavy atom. The summed E-state index contributed by atoms with van der Waals surface area (Å²) in [6, 6.07) is 7.50. The number of esters is 2. The van der Waals surface area contributed by atoms with E-state index in [9.17, 15) is 9.59 Å². The first kappa shape index (κ1) is 22.5. The minimum absolute atomic E-state index is 0.254. The summed E-state index contributed by atoms with van der Waals surface area (Å²) in [5, 5.41) is 3.14. The number of unbranched alkanes of at least 4 members (excludes halogenated alkanes) is 1. The Balaban J connectivity index is 2.47. The molecule has 0 radical (unpaired) electrons. The van der Waals surface area contributed by atoms with Crippen LogP contribution in [0.3, 0.4) is 0 Å². The van der Waals surface area contributed by atoms with Crippen LogP contribution in [0.2, 0.25) is 0 Å². The topological polar surface area (TPSA) is 73.9 Å². The molecule has 0 unspecified atom stereocenters. The van der Waals surface area contributed by atoms with E-state index in [0.29, 0.717) is 29.1 Å². The second-order valence-electron chi connectivity index (χ2n) is 6.85. The van der Waals surface area contributed by atoms with Crippen molar-refractivity contribution in [3.63, 3.8) is 0 Å². The van der Waals surface area contributed by atoms with Crippen LogP contribution in [0.1, 0.15) is 58.9 Å². The van der Waals surface area contributed by atoms with Crippen molar-refractivity contribution in [2.45, 2.75) is 53.4 Å². The Labute approximate surface area is 172 Å². The molecule has 0 aliphatic carbocycles. The Kier molecular flexibility index (Phi) is 8.31. The Bertz CT molecular complexity index is 752. The van der Waals surface area contributed by atoms with Crippen LogP contribution < -0.4 is 10.1 Å². The van der Waals surface area contributed by atoms with Crippen LogP contribution in [0, 0.1) is 0 Å². The molecular weight excluding hydrogens is 370 g/mol. The third-order valence-electron chi connectivity index (χ3n) is 4.73. The number of carbonyl (C=O) groups is 2. The highest BCUT2D eigenvalue weighted by Crippen LogP contribution is 2.39. The minimum Gasteiger partial charge on any atom is -0.494 e. The van der Waals surface area contributed by atoms with Crippen LogP contribution in [0.5, 0.6) is 5.75 Å². The van der Waals surface area contributed by atoms with E-state index >= 15 is 0 Å². The Morgan fingerprint density at radius 1 is 0.897 bits per heavy atom. The normalized spacial score (nSPS) is 14.5. The molecule has 6 nitrogen and oxygen atoms in total. The molecule has 158 valence electrons. The lowest BCUT2D eigenvalue weighted by molar-refractivity contribution is -0.139. The van der Waals surface area contributed by atoms with Crippen molar-refractivity contribution < 1.29 is 23.8 Å². The third-order valence-corrected chi connectivity index (χ3v) is 4.73. The molecule has 0 bridgehead atoms. The van der Waals surface area contributed by atoms with Crippen molar-refractivity contribution in [1.82, 2.24) is 5.32 Å². The number of nitrogens with one attached hydrogen (secondary N) is 1. The largest absolute Gasteiger partial charge is 0.494 e. The van der Waals surface area contributed by atoms with Gasteiger partial charge in [-0.05, 0) is 51.8 Å². The van der Waals surface area contributed by atoms with Crippen LogP contribution in [-0.2, 0) is 19.1 Å². The molecule has 0 saturated carbocycles. The van der Waals surface area contributed by atoms with Crippen LogP contribution in [0.4, 0.5) is 0 Å². The highest BCUT2D eigenvalue weighted by molar-refractivity contribution is 5.99. The van der Waals surface area contributed by atoms with Crippen LogP contribution in [-0.4, -0.2) is 31.8 Å². The lowest BCUT2D eigenvalue weighted by atomic mass is 9.80. The van der Waals surface area contributed by atoms with Gasteiger partial charge in [0.2, 0.25) is 0 Å². The fraction of sp³-hybridized carbons (Fsp3) is 0.478. The molecule has 1 N–H and O–H groups in total. The molecule has 0 amide bonds. The highest BCUT2D eigenvalue weighted by atomic mass is 16.5. The summed E-state index contributed by atoms with van der Waals surface area (Å²) in [4.78, 5) is 25.5. The maximum absolute atomic E-state index is 12.7. The van der Waals surface area contributed by atoms with Crippen molar-refractivity contribution >= 4 is 11.9 Å². The molecule has 0 saturated heterocycles. The van der Waals surface area contributed by atoms with Gasteiger partial charge in [-0.25, -0.2) is 9.59 Å². The Hall–Kier alpha value is -2.76. The number of allylic oxidation sites excluding steroid dienone is 2. The van der Waals surface area contributed by atoms with Gasteiger partial charge >= 0.3 is 11.9 Å².